The average molecular weight is 483 g/mol. The Kier molecular flexibility index (Phi) is 12.2. The van der Waals surface area contributed by atoms with E-state index in [-0.39, 0.29) is 26.1 Å². The fraction of sp³-hybridized carbons (Fsp3) is 0.476. The number of hydrogen-bond donors (Lipinski definition) is 5. The number of benzene rings is 1. The molecule has 13 heteroatoms. The van der Waals surface area contributed by atoms with Gasteiger partial charge < -0.3 is 25.5 Å². The van der Waals surface area contributed by atoms with Gasteiger partial charge in [-0.1, -0.05) is 30.3 Å². The van der Waals surface area contributed by atoms with Crippen LogP contribution in [0, 0.1) is 0 Å². The van der Waals surface area contributed by atoms with Crippen molar-refractivity contribution >= 4 is 29.8 Å². The molecule has 0 unspecified atom stereocenters. The molecule has 0 saturated carbocycles. The largest absolute Gasteiger partial charge is 0.480 e. The second-order valence-corrected chi connectivity index (χ2v) is 7.66. The fourth-order valence-corrected chi connectivity index (χ4v) is 3.46. The molecule has 0 bridgehead atoms. The van der Waals surface area contributed by atoms with Gasteiger partial charge in [0.05, 0.1) is 32.7 Å². The molecule has 5 N–H and O–H groups in total. The van der Waals surface area contributed by atoms with Gasteiger partial charge in [0.25, 0.3) is 0 Å². The number of aliphatic carboxylic acids is 5. The third-order valence-corrected chi connectivity index (χ3v) is 4.79. The van der Waals surface area contributed by atoms with E-state index in [1.54, 1.807) is 30.3 Å². The van der Waals surface area contributed by atoms with Crippen LogP contribution in [-0.4, -0.2) is 128 Å². The lowest BCUT2D eigenvalue weighted by Gasteiger charge is -2.34. The molecule has 0 aliphatic heterocycles. The molecule has 188 valence electrons. The third-order valence-electron chi connectivity index (χ3n) is 4.79. The van der Waals surface area contributed by atoms with Crippen molar-refractivity contribution in [2.45, 2.75) is 12.5 Å². The average Bonchev–Trinajstić information content (AvgIpc) is 2.69. The highest BCUT2D eigenvalue weighted by Crippen LogP contribution is 2.12. The van der Waals surface area contributed by atoms with Gasteiger partial charge in [0.2, 0.25) is 0 Å². The van der Waals surface area contributed by atoms with Crippen LogP contribution in [0.5, 0.6) is 0 Å². The molecule has 0 saturated heterocycles. The quantitative estimate of drug-likeness (QED) is 0.169. The predicted octanol–water partition coefficient (Wildman–Crippen LogP) is -1.07. The van der Waals surface area contributed by atoms with E-state index < -0.39 is 68.6 Å². The summed E-state index contributed by atoms with van der Waals surface area (Å²) in [5, 5.41) is 45.9. The molecule has 1 rings (SSSR count). The summed E-state index contributed by atoms with van der Waals surface area (Å²) in [6, 6.07) is 8.14. The molecule has 0 amide bonds. The minimum atomic E-state index is -1.25. The van der Waals surface area contributed by atoms with Crippen molar-refractivity contribution in [3.05, 3.63) is 35.9 Å². The number of carboxylic acids is 5. The van der Waals surface area contributed by atoms with Crippen LogP contribution in [0.15, 0.2) is 30.3 Å². The highest BCUT2D eigenvalue weighted by molar-refractivity contribution is 5.73. The van der Waals surface area contributed by atoms with Crippen LogP contribution in [0.1, 0.15) is 5.56 Å². The van der Waals surface area contributed by atoms with Crippen LogP contribution in [0.25, 0.3) is 0 Å². The maximum atomic E-state index is 11.4. The van der Waals surface area contributed by atoms with Crippen LogP contribution < -0.4 is 0 Å². The van der Waals surface area contributed by atoms with Crippen molar-refractivity contribution in [1.82, 2.24) is 14.7 Å². The number of carbonyl (C=O) groups is 5. The summed E-state index contributed by atoms with van der Waals surface area (Å²) < 4.78 is 0. The maximum Gasteiger partial charge on any atom is 0.317 e. The van der Waals surface area contributed by atoms with E-state index in [4.69, 9.17) is 10.2 Å². The summed E-state index contributed by atoms with van der Waals surface area (Å²) in [7, 11) is 0. The van der Waals surface area contributed by atoms with Gasteiger partial charge in [0, 0.05) is 25.7 Å². The van der Waals surface area contributed by atoms with Gasteiger partial charge in [-0.15, -0.1) is 0 Å². The Labute approximate surface area is 195 Å². The van der Waals surface area contributed by atoms with Crippen LogP contribution in [0.4, 0.5) is 0 Å². The molecule has 1 atom stereocenters. The molecule has 1 aromatic rings. The first-order valence-electron chi connectivity index (χ1n) is 10.3. The van der Waals surface area contributed by atoms with Gasteiger partial charge in [0.1, 0.15) is 0 Å². The molecule has 0 fully saturated rings. The van der Waals surface area contributed by atoms with E-state index in [9.17, 15) is 39.3 Å². The number of hydrogen-bond acceptors (Lipinski definition) is 8. The molecule has 0 spiro atoms. The van der Waals surface area contributed by atoms with Crippen LogP contribution in [0.3, 0.4) is 0 Å². The lowest BCUT2D eigenvalue weighted by molar-refractivity contribution is -0.144. The Morgan fingerprint density at radius 1 is 0.618 bits per heavy atom. The second-order valence-electron chi connectivity index (χ2n) is 7.66. The number of nitrogens with zero attached hydrogens (tertiary/aromatic N) is 3. The van der Waals surface area contributed by atoms with E-state index in [0.29, 0.717) is 0 Å². The monoisotopic (exact) mass is 483 g/mol. The minimum Gasteiger partial charge on any atom is -0.480 e. The van der Waals surface area contributed by atoms with Crippen molar-refractivity contribution in [2.75, 3.05) is 52.4 Å². The summed E-state index contributed by atoms with van der Waals surface area (Å²) in [5.74, 6) is -6.20. The number of rotatable bonds is 18. The van der Waals surface area contributed by atoms with Crippen LogP contribution >= 0.6 is 0 Å². The third kappa shape index (κ3) is 12.5. The summed E-state index contributed by atoms with van der Waals surface area (Å²) in [6.45, 7) is -2.96. The van der Waals surface area contributed by atoms with E-state index >= 15 is 0 Å². The zero-order valence-electron chi connectivity index (χ0n) is 18.4. The molecule has 0 heterocycles. The van der Waals surface area contributed by atoms with E-state index in [1.165, 1.54) is 9.80 Å². The summed E-state index contributed by atoms with van der Waals surface area (Å²) >= 11 is 0. The minimum absolute atomic E-state index is 0.0356. The first-order chi connectivity index (χ1) is 16.0. The van der Waals surface area contributed by atoms with Crippen LogP contribution in [0.2, 0.25) is 0 Å². The molecule has 0 aromatic heterocycles. The lowest BCUT2D eigenvalue weighted by atomic mass is 10.0. The molecule has 0 aliphatic rings. The van der Waals surface area contributed by atoms with Crippen molar-refractivity contribution in [3.63, 3.8) is 0 Å². The van der Waals surface area contributed by atoms with Gasteiger partial charge in [-0.05, 0) is 12.0 Å². The van der Waals surface area contributed by atoms with Gasteiger partial charge in [-0.25, -0.2) is 0 Å². The molecule has 0 radical (unpaired) electrons. The Bertz CT molecular complexity index is 816. The predicted molar refractivity (Wildman–Crippen MR) is 117 cm³/mol. The van der Waals surface area contributed by atoms with Crippen molar-refractivity contribution < 1.29 is 49.5 Å². The molecule has 34 heavy (non-hydrogen) atoms. The first-order valence-corrected chi connectivity index (χ1v) is 10.3. The van der Waals surface area contributed by atoms with Gasteiger partial charge >= 0.3 is 29.8 Å². The molecule has 0 aliphatic carbocycles. The van der Waals surface area contributed by atoms with Crippen molar-refractivity contribution in [1.29, 1.82) is 0 Å². The Morgan fingerprint density at radius 3 is 1.47 bits per heavy atom. The Hall–Kier alpha value is -3.55. The smallest absolute Gasteiger partial charge is 0.317 e. The molecular formula is C21H29N3O10. The highest BCUT2D eigenvalue weighted by atomic mass is 16.4. The van der Waals surface area contributed by atoms with E-state index in [2.05, 4.69) is 0 Å². The van der Waals surface area contributed by atoms with Crippen LogP contribution in [-0.2, 0) is 30.4 Å². The van der Waals surface area contributed by atoms with Crippen molar-refractivity contribution in [3.8, 4) is 0 Å². The topological polar surface area (TPSA) is 196 Å². The zero-order chi connectivity index (χ0) is 25.7. The molecule has 1 aromatic carbocycles. The zero-order valence-corrected chi connectivity index (χ0v) is 18.4. The SMILES string of the molecule is O=C(O)CN(CCN(CC(=O)O)C[C@H](Cc1ccccc1)N(CC(=O)O)CC(=O)O)CC(=O)O. The van der Waals surface area contributed by atoms with Gasteiger partial charge in [-0.2, -0.15) is 0 Å². The summed E-state index contributed by atoms with van der Waals surface area (Å²) in [5.41, 5.74) is 0.780. The lowest BCUT2D eigenvalue weighted by Crippen LogP contribution is -2.51. The van der Waals surface area contributed by atoms with Gasteiger partial charge in [0.15, 0.2) is 0 Å². The Morgan fingerprint density at radius 2 is 1.03 bits per heavy atom. The van der Waals surface area contributed by atoms with E-state index in [1.807, 2.05) is 0 Å². The fourth-order valence-electron chi connectivity index (χ4n) is 3.46. The molecular weight excluding hydrogens is 454 g/mol. The molecule has 13 nitrogen and oxygen atoms in total. The highest BCUT2D eigenvalue weighted by Gasteiger charge is 2.27. The van der Waals surface area contributed by atoms with E-state index in [0.717, 1.165) is 10.5 Å². The second kappa shape index (κ2) is 14.6. The standard InChI is InChI=1S/C21H29N3O10/c25-17(26)10-22(6-7-23(11-18(27)28)12-19(29)30)9-16(8-15-4-2-1-3-5-15)24(13-20(31)32)14-21(33)34/h1-5,16H,6-14H2,(H,25,26)(H,27,28)(H,29,30)(H,31,32)(H,33,34)/t16-/m0/s1. The number of carboxylic acid groups (broad SMARTS) is 5. The Balaban J connectivity index is 3.13. The van der Waals surface area contributed by atoms with Crippen molar-refractivity contribution in [2.24, 2.45) is 0 Å². The van der Waals surface area contributed by atoms with Gasteiger partial charge in [-0.3, -0.25) is 38.7 Å². The maximum absolute atomic E-state index is 11.4. The summed E-state index contributed by atoms with van der Waals surface area (Å²) in [6.07, 6.45) is 0.228. The normalized spacial score (nSPS) is 12.1. The first kappa shape index (κ1) is 28.5. The summed E-state index contributed by atoms with van der Waals surface area (Å²) in [4.78, 5) is 60.0.